The highest BCUT2D eigenvalue weighted by Gasteiger charge is 2.48. The zero-order valence-electron chi connectivity index (χ0n) is 12.5. The molecule has 0 bridgehead atoms. The summed E-state index contributed by atoms with van der Waals surface area (Å²) in [6.07, 6.45) is -6.28. The molecular formula is C15H14F3NO5. The number of hydrogen-bond donors (Lipinski definition) is 2. The molecule has 2 rings (SSSR count). The van der Waals surface area contributed by atoms with Crippen molar-refractivity contribution in [3.8, 4) is 5.75 Å². The molecule has 2 unspecified atom stereocenters. The van der Waals surface area contributed by atoms with Crippen LogP contribution in [0.4, 0.5) is 13.2 Å². The number of aliphatic hydroxyl groups is 1. The Morgan fingerprint density at radius 3 is 2.62 bits per heavy atom. The number of methoxy groups -OCH3 is 1. The van der Waals surface area contributed by atoms with Gasteiger partial charge in [-0.2, -0.15) is 13.2 Å². The summed E-state index contributed by atoms with van der Waals surface area (Å²) < 4.78 is 48.9. The largest absolute Gasteiger partial charge is 0.475 e. The lowest BCUT2D eigenvalue weighted by molar-refractivity contribution is -0.185. The summed E-state index contributed by atoms with van der Waals surface area (Å²) in [5.41, 5.74) is -0.426. The Morgan fingerprint density at radius 2 is 2.04 bits per heavy atom. The Bertz CT molecular complexity index is 671. The van der Waals surface area contributed by atoms with Crippen LogP contribution in [0.3, 0.4) is 0 Å². The molecule has 0 aromatic heterocycles. The van der Waals surface area contributed by atoms with E-state index >= 15 is 0 Å². The smallest absolute Gasteiger partial charge is 0.429 e. The Hall–Kier alpha value is -2.55. The zero-order chi connectivity index (χ0) is 17.9. The molecule has 1 heterocycles. The molecule has 0 saturated carbocycles. The maximum atomic E-state index is 13.2. The molecule has 9 heteroatoms. The zero-order valence-corrected chi connectivity index (χ0v) is 12.5. The summed E-state index contributed by atoms with van der Waals surface area (Å²) in [6, 6.07) is 4.44. The third kappa shape index (κ3) is 3.67. The van der Waals surface area contributed by atoms with Crippen molar-refractivity contribution in [2.75, 3.05) is 13.7 Å². The fourth-order valence-corrected chi connectivity index (χ4v) is 2.13. The highest BCUT2D eigenvalue weighted by molar-refractivity contribution is 6.01. The molecule has 1 aliphatic heterocycles. The number of carbonyl (C=O) groups is 2. The number of carbonyl (C=O) groups excluding carboxylic acids is 2. The number of nitrogens with one attached hydrogen (secondary N) is 1. The van der Waals surface area contributed by atoms with Crippen molar-refractivity contribution in [1.29, 1.82) is 0 Å². The van der Waals surface area contributed by atoms with Gasteiger partial charge in [-0.3, -0.25) is 4.79 Å². The quantitative estimate of drug-likeness (QED) is 0.797. The summed E-state index contributed by atoms with van der Waals surface area (Å²) in [5.74, 6) is -2.17. The van der Waals surface area contributed by atoms with Gasteiger partial charge in [0, 0.05) is 5.56 Å². The number of fused-ring (bicyclic) bond motifs is 1. The Morgan fingerprint density at radius 1 is 1.38 bits per heavy atom. The van der Waals surface area contributed by atoms with E-state index in [0.717, 1.165) is 13.2 Å². The number of hydrogen-bond acceptors (Lipinski definition) is 5. The maximum absolute atomic E-state index is 13.2. The van der Waals surface area contributed by atoms with E-state index in [-0.39, 0.29) is 5.75 Å². The van der Waals surface area contributed by atoms with Gasteiger partial charge in [-0.15, -0.1) is 0 Å². The summed E-state index contributed by atoms with van der Waals surface area (Å²) in [4.78, 5) is 23.5. The van der Waals surface area contributed by atoms with Gasteiger partial charge >= 0.3 is 12.1 Å². The minimum absolute atomic E-state index is 0.0111. The van der Waals surface area contributed by atoms with E-state index in [0.29, 0.717) is 5.56 Å². The number of halogens is 3. The lowest BCUT2D eigenvalue weighted by atomic mass is 10.00. The van der Waals surface area contributed by atoms with Gasteiger partial charge in [-0.05, 0) is 12.1 Å². The van der Waals surface area contributed by atoms with Crippen molar-refractivity contribution in [3.63, 3.8) is 0 Å². The van der Waals surface area contributed by atoms with Crippen molar-refractivity contribution in [1.82, 2.24) is 5.32 Å². The van der Waals surface area contributed by atoms with Crippen LogP contribution < -0.4 is 10.1 Å². The van der Waals surface area contributed by atoms with Crippen LogP contribution in [0.2, 0.25) is 0 Å². The second-order valence-electron chi connectivity index (χ2n) is 4.91. The first kappa shape index (κ1) is 17.8. The summed E-state index contributed by atoms with van der Waals surface area (Å²) >= 11 is 0. The van der Waals surface area contributed by atoms with Crippen LogP contribution in [0.1, 0.15) is 5.56 Å². The minimum Gasteiger partial charge on any atom is -0.475 e. The maximum Gasteiger partial charge on any atom is 0.429 e. The second-order valence-corrected chi connectivity index (χ2v) is 4.91. The van der Waals surface area contributed by atoms with Gasteiger partial charge in [0.25, 0.3) is 5.91 Å². The van der Waals surface area contributed by atoms with Crippen molar-refractivity contribution < 1.29 is 37.3 Å². The summed E-state index contributed by atoms with van der Waals surface area (Å²) in [6.45, 7) is -0.820. The molecule has 2 atom stereocenters. The normalized spacial score (nSPS) is 17.9. The van der Waals surface area contributed by atoms with Gasteiger partial charge in [-0.25, -0.2) is 4.79 Å². The monoisotopic (exact) mass is 345 g/mol. The molecule has 6 nitrogen and oxygen atoms in total. The molecule has 0 fully saturated rings. The molecule has 2 N–H and O–H groups in total. The number of rotatable bonds is 4. The van der Waals surface area contributed by atoms with Gasteiger partial charge in [0.05, 0.1) is 19.3 Å². The molecule has 0 radical (unpaired) electrons. The van der Waals surface area contributed by atoms with Crippen LogP contribution in [-0.4, -0.2) is 49.0 Å². The van der Waals surface area contributed by atoms with Crippen LogP contribution in [0.15, 0.2) is 29.8 Å². The highest BCUT2D eigenvalue weighted by Crippen LogP contribution is 2.37. The minimum atomic E-state index is -4.84. The van der Waals surface area contributed by atoms with Gasteiger partial charge < -0.3 is 19.9 Å². The molecule has 1 aliphatic rings. The Kier molecular flexibility index (Phi) is 5.13. The third-order valence-corrected chi connectivity index (χ3v) is 3.29. The van der Waals surface area contributed by atoms with Crippen LogP contribution in [0, 0.1) is 0 Å². The van der Waals surface area contributed by atoms with E-state index in [1.165, 1.54) is 18.2 Å². The van der Waals surface area contributed by atoms with Gasteiger partial charge in [0.1, 0.15) is 5.75 Å². The molecule has 130 valence electrons. The SMILES string of the molecule is COC(=O)C(CO)NC(=O)C1=Cc2ccccc2OC1C(F)(F)F. The molecule has 0 saturated heterocycles. The number of benzene rings is 1. The first-order valence-electron chi connectivity index (χ1n) is 6.81. The van der Waals surface area contributed by atoms with E-state index in [1.807, 2.05) is 5.32 Å². The molecule has 0 aliphatic carbocycles. The molecule has 1 aromatic carbocycles. The number of amides is 1. The molecule has 24 heavy (non-hydrogen) atoms. The number of para-hydroxylation sites is 1. The van der Waals surface area contributed by atoms with E-state index in [2.05, 4.69) is 4.74 Å². The van der Waals surface area contributed by atoms with E-state index in [9.17, 15) is 22.8 Å². The van der Waals surface area contributed by atoms with Crippen molar-refractivity contribution >= 4 is 18.0 Å². The number of ether oxygens (including phenoxy) is 2. The highest BCUT2D eigenvalue weighted by atomic mass is 19.4. The van der Waals surface area contributed by atoms with Gasteiger partial charge in [0.2, 0.25) is 6.10 Å². The van der Waals surface area contributed by atoms with Crippen molar-refractivity contribution in [3.05, 3.63) is 35.4 Å². The van der Waals surface area contributed by atoms with Crippen molar-refractivity contribution in [2.24, 2.45) is 0 Å². The fraction of sp³-hybridized carbons (Fsp3) is 0.333. The van der Waals surface area contributed by atoms with Crippen LogP contribution >= 0.6 is 0 Å². The van der Waals surface area contributed by atoms with E-state index < -0.39 is 42.4 Å². The average Bonchev–Trinajstić information content (AvgIpc) is 2.56. The summed E-state index contributed by atoms with van der Waals surface area (Å²) in [5, 5.41) is 11.1. The molecular weight excluding hydrogens is 331 g/mol. The lowest BCUT2D eigenvalue weighted by Gasteiger charge is -2.28. The Balaban J connectivity index is 2.34. The number of esters is 1. The lowest BCUT2D eigenvalue weighted by Crippen LogP contribution is -2.49. The predicted molar refractivity (Wildman–Crippen MR) is 75.9 cm³/mol. The third-order valence-electron chi connectivity index (χ3n) is 3.29. The topological polar surface area (TPSA) is 84.9 Å². The van der Waals surface area contributed by atoms with Gasteiger partial charge in [0.15, 0.2) is 6.04 Å². The standard InChI is InChI=1S/C15H14F3NO5/c1-23-14(22)10(7-20)19-13(21)9-6-8-4-2-3-5-11(8)24-12(9)15(16,17)18/h2-6,10,12,20H,7H2,1H3,(H,19,21). The molecule has 0 spiro atoms. The number of alkyl halides is 3. The summed E-state index contributed by atoms with van der Waals surface area (Å²) in [7, 11) is 1.02. The van der Waals surface area contributed by atoms with E-state index in [1.54, 1.807) is 6.07 Å². The predicted octanol–water partition coefficient (Wildman–Crippen LogP) is 1.04. The first-order valence-corrected chi connectivity index (χ1v) is 6.81. The Labute approximate surface area is 134 Å². The molecule has 1 amide bonds. The van der Waals surface area contributed by atoms with E-state index in [4.69, 9.17) is 9.84 Å². The van der Waals surface area contributed by atoms with Gasteiger partial charge in [-0.1, -0.05) is 18.2 Å². The van der Waals surface area contributed by atoms with Crippen LogP contribution in [-0.2, 0) is 14.3 Å². The second kappa shape index (κ2) is 6.91. The first-order chi connectivity index (χ1) is 11.3. The average molecular weight is 345 g/mol. The van der Waals surface area contributed by atoms with Crippen LogP contribution in [0.25, 0.3) is 6.08 Å². The van der Waals surface area contributed by atoms with Crippen LogP contribution in [0.5, 0.6) is 5.75 Å². The fourth-order valence-electron chi connectivity index (χ4n) is 2.13. The van der Waals surface area contributed by atoms with Crippen molar-refractivity contribution in [2.45, 2.75) is 18.3 Å². The number of aliphatic hydroxyl groups excluding tert-OH is 1. The molecule has 1 aromatic rings.